The summed E-state index contributed by atoms with van der Waals surface area (Å²) < 4.78 is 1.92. The first-order chi connectivity index (χ1) is 8.25. The van der Waals surface area contributed by atoms with Crippen molar-refractivity contribution in [3.05, 3.63) is 41.7 Å². The summed E-state index contributed by atoms with van der Waals surface area (Å²) in [5.41, 5.74) is 1.19. The van der Waals surface area contributed by atoms with Crippen molar-refractivity contribution < 1.29 is 0 Å². The van der Waals surface area contributed by atoms with E-state index < -0.39 is 0 Å². The average molecular weight is 231 g/mol. The standard InChI is InChI=1S/C12H17N5/c1-10-15-11(2)17(16-10)7-6-14-9-12-4-3-5-13-8-12/h3-5,8,14H,6-7,9H2,1-2H3. The maximum atomic E-state index is 4.31. The van der Waals surface area contributed by atoms with E-state index >= 15 is 0 Å². The summed E-state index contributed by atoms with van der Waals surface area (Å²) >= 11 is 0. The van der Waals surface area contributed by atoms with Crippen LogP contribution in [0.5, 0.6) is 0 Å². The number of rotatable bonds is 5. The molecule has 0 aliphatic carbocycles. The van der Waals surface area contributed by atoms with Crippen LogP contribution in [-0.4, -0.2) is 26.3 Å². The Hall–Kier alpha value is -1.75. The monoisotopic (exact) mass is 231 g/mol. The van der Waals surface area contributed by atoms with Crippen LogP contribution in [0.1, 0.15) is 17.2 Å². The Morgan fingerprint density at radius 1 is 1.35 bits per heavy atom. The van der Waals surface area contributed by atoms with Crippen LogP contribution in [0.15, 0.2) is 24.5 Å². The molecule has 2 rings (SSSR count). The third kappa shape index (κ3) is 3.35. The zero-order valence-electron chi connectivity index (χ0n) is 10.2. The van der Waals surface area contributed by atoms with Gasteiger partial charge >= 0.3 is 0 Å². The first-order valence-electron chi connectivity index (χ1n) is 5.73. The maximum absolute atomic E-state index is 4.31. The fourth-order valence-corrected chi connectivity index (χ4v) is 1.69. The molecule has 90 valence electrons. The smallest absolute Gasteiger partial charge is 0.147 e. The van der Waals surface area contributed by atoms with Crippen LogP contribution in [0.4, 0.5) is 0 Å². The number of aromatic nitrogens is 4. The fourth-order valence-electron chi connectivity index (χ4n) is 1.69. The van der Waals surface area contributed by atoms with Gasteiger partial charge in [-0.05, 0) is 25.5 Å². The largest absolute Gasteiger partial charge is 0.311 e. The molecule has 0 aliphatic rings. The Balaban J connectivity index is 1.75. The van der Waals surface area contributed by atoms with Crippen LogP contribution in [0.3, 0.4) is 0 Å². The minimum absolute atomic E-state index is 0.828. The lowest BCUT2D eigenvalue weighted by atomic mass is 10.3. The molecule has 0 unspecified atom stereocenters. The molecule has 0 amide bonds. The molecule has 0 saturated carbocycles. The van der Waals surface area contributed by atoms with E-state index in [1.165, 1.54) is 5.56 Å². The van der Waals surface area contributed by atoms with Crippen molar-refractivity contribution in [1.82, 2.24) is 25.1 Å². The van der Waals surface area contributed by atoms with Crippen molar-refractivity contribution in [2.75, 3.05) is 6.54 Å². The molecule has 0 radical (unpaired) electrons. The van der Waals surface area contributed by atoms with E-state index in [2.05, 4.69) is 26.4 Å². The quantitative estimate of drug-likeness (QED) is 0.782. The molecule has 5 nitrogen and oxygen atoms in total. The van der Waals surface area contributed by atoms with Gasteiger partial charge in [0, 0.05) is 25.5 Å². The van der Waals surface area contributed by atoms with Crippen LogP contribution in [-0.2, 0) is 13.1 Å². The lowest BCUT2D eigenvalue weighted by molar-refractivity contribution is 0.540. The van der Waals surface area contributed by atoms with Crippen molar-refractivity contribution >= 4 is 0 Å². The summed E-state index contributed by atoms with van der Waals surface area (Å²) in [4.78, 5) is 8.33. The Morgan fingerprint density at radius 2 is 2.24 bits per heavy atom. The molecular weight excluding hydrogens is 214 g/mol. The van der Waals surface area contributed by atoms with E-state index in [0.717, 1.165) is 31.3 Å². The molecule has 5 heteroatoms. The number of pyridine rings is 1. The second-order valence-electron chi connectivity index (χ2n) is 3.97. The zero-order valence-corrected chi connectivity index (χ0v) is 10.2. The molecule has 0 spiro atoms. The van der Waals surface area contributed by atoms with Gasteiger partial charge in [0.2, 0.25) is 0 Å². The molecule has 2 aromatic heterocycles. The van der Waals surface area contributed by atoms with Gasteiger partial charge in [-0.25, -0.2) is 9.67 Å². The SMILES string of the molecule is Cc1nc(C)n(CCNCc2cccnc2)n1. The number of aryl methyl sites for hydroxylation is 2. The van der Waals surface area contributed by atoms with Gasteiger partial charge < -0.3 is 5.32 Å². The second-order valence-corrected chi connectivity index (χ2v) is 3.97. The zero-order chi connectivity index (χ0) is 12.1. The molecule has 1 N–H and O–H groups in total. The van der Waals surface area contributed by atoms with Gasteiger partial charge in [0.1, 0.15) is 11.6 Å². The van der Waals surface area contributed by atoms with Gasteiger partial charge in [-0.2, -0.15) is 5.10 Å². The minimum atomic E-state index is 0.828. The fraction of sp³-hybridized carbons (Fsp3) is 0.417. The molecule has 17 heavy (non-hydrogen) atoms. The highest BCUT2D eigenvalue weighted by atomic mass is 15.3. The number of hydrogen-bond acceptors (Lipinski definition) is 4. The van der Waals surface area contributed by atoms with Gasteiger partial charge in [-0.1, -0.05) is 6.07 Å². The van der Waals surface area contributed by atoms with Gasteiger partial charge in [0.25, 0.3) is 0 Å². The third-order valence-electron chi connectivity index (χ3n) is 2.51. The topological polar surface area (TPSA) is 55.6 Å². The van der Waals surface area contributed by atoms with Gasteiger partial charge in [0.05, 0.1) is 6.54 Å². The van der Waals surface area contributed by atoms with Crippen LogP contribution in [0, 0.1) is 13.8 Å². The molecule has 2 heterocycles. The summed E-state index contributed by atoms with van der Waals surface area (Å²) in [6.07, 6.45) is 3.66. The van der Waals surface area contributed by atoms with Crippen LogP contribution < -0.4 is 5.32 Å². The van der Waals surface area contributed by atoms with Crippen LogP contribution in [0.2, 0.25) is 0 Å². The highest BCUT2D eigenvalue weighted by molar-refractivity contribution is 5.07. The molecule has 2 aromatic rings. The molecule has 0 bridgehead atoms. The van der Waals surface area contributed by atoms with Gasteiger partial charge in [-0.3, -0.25) is 4.98 Å². The lowest BCUT2D eigenvalue weighted by Gasteiger charge is -2.05. The van der Waals surface area contributed by atoms with Crippen molar-refractivity contribution in [2.24, 2.45) is 0 Å². The average Bonchev–Trinajstić information content (AvgIpc) is 2.65. The molecule has 0 fully saturated rings. The van der Waals surface area contributed by atoms with Crippen LogP contribution >= 0.6 is 0 Å². The summed E-state index contributed by atoms with van der Waals surface area (Å²) in [6, 6.07) is 4.01. The van der Waals surface area contributed by atoms with Crippen molar-refractivity contribution in [3.63, 3.8) is 0 Å². The van der Waals surface area contributed by atoms with E-state index in [0.29, 0.717) is 0 Å². The first-order valence-corrected chi connectivity index (χ1v) is 5.73. The highest BCUT2D eigenvalue weighted by Gasteiger charge is 2.01. The number of nitrogens with zero attached hydrogens (tertiary/aromatic N) is 4. The molecule has 0 aromatic carbocycles. The molecule has 0 atom stereocenters. The molecule has 0 saturated heterocycles. The number of nitrogens with one attached hydrogen (secondary N) is 1. The van der Waals surface area contributed by atoms with Gasteiger partial charge in [0.15, 0.2) is 0 Å². The normalized spacial score (nSPS) is 10.7. The Kier molecular flexibility index (Phi) is 3.82. The molecular formula is C12H17N5. The van der Waals surface area contributed by atoms with E-state index in [4.69, 9.17) is 0 Å². The summed E-state index contributed by atoms with van der Waals surface area (Å²) in [5.74, 6) is 1.79. The predicted molar refractivity (Wildman–Crippen MR) is 65.4 cm³/mol. The maximum Gasteiger partial charge on any atom is 0.147 e. The van der Waals surface area contributed by atoms with E-state index in [1.807, 2.05) is 30.8 Å². The summed E-state index contributed by atoms with van der Waals surface area (Å²) in [7, 11) is 0. The minimum Gasteiger partial charge on any atom is -0.311 e. The Labute approximate surface area is 101 Å². The van der Waals surface area contributed by atoms with Crippen molar-refractivity contribution in [2.45, 2.75) is 26.9 Å². The third-order valence-corrected chi connectivity index (χ3v) is 2.51. The number of hydrogen-bond donors (Lipinski definition) is 1. The van der Waals surface area contributed by atoms with Gasteiger partial charge in [-0.15, -0.1) is 0 Å². The van der Waals surface area contributed by atoms with Crippen LogP contribution in [0.25, 0.3) is 0 Å². The van der Waals surface area contributed by atoms with E-state index in [9.17, 15) is 0 Å². The predicted octanol–water partition coefficient (Wildman–Crippen LogP) is 1.08. The summed E-state index contributed by atoms with van der Waals surface area (Å²) in [6.45, 7) is 6.43. The van der Waals surface area contributed by atoms with E-state index in [-0.39, 0.29) is 0 Å². The second kappa shape index (κ2) is 5.54. The van der Waals surface area contributed by atoms with Crippen molar-refractivity contribution in [1.29, 1.82) is 0 Å². The Bertz CT molecular complexity index is 463. The highest BCUT2D eigenvalue weighted by Crippen LogP contribution is 1.96. The Morgan fingerprint density at radius 3 is 2.88 bits per heavy atom. The van der Waals surface area contributed by atoms with E-state index in [1.54, 1.807) is 6.20 Å². The lowest BCUT2D eigenvalue weighted by Crippen LogP contribution is -2.20. The molecule has 0 aliphatic heterocycles. The summed E-state index contributed by atoms with van der Waals surface area (Å²) in [5, 5.41) is 7.67. The first kappa shape index (κ1) is 11.7. The van der Waals surface area contributed by atoms with Crippen molar-refractivity contribution in [3.8, 4) is 0 Å².